The fraction of sp³-hybridized carbons (Fsp3) is 0.321. The van der Waals surface area contributed by atoms with Crippen LogP contribution in [0.5, 0.6) is 5.75 Å². The maximum atomic E-state index is 14.4. The highest BCUT2D eigenvalue weighted by Crippen LogP contribution is 2.46. The number of pyridine rings is 1. The molecule has 14 heteroatoms. The Morgan fingerprint density at radius 2 is 1.93 bits per heavy atom. The largest absolute Gasteiger partial charge is 0.489 e. The van der Waals surface area contributed by atoms with Gasteiger partial charge >= 0.3 is 5.97 Å². The molecule has 6 rings (SSSR count). The average Bonchev–Trinajstić information content (AvgIpc) is 3.69. The van der Waals surface area contributed by atoms with Crippen molar-refractivity contribution in [1.82, 2.24) is 10.1 Å². The van der Waals surface area contributed by atoms with Crippen LogP contribution in [0.15, 0.2) is 51.1 Å². The van der Waals surface area contributed by atoms with Gasteiger partial charge in [0.15, 0.2) is 11.6 Å². The number of nitrogens with zero attached hydrogens (tertiary/aromatic N) is 3. The summed E-state index contributed by atoms with van der Waals surface area (Å²) >= 11 is 19.3. The number of aromatic carboxylic acids is 1. The SMILES string of the molecule is O=C(O)c1cnc(N2CC(O)(c3ccc(OCc4c(C5=C(Cl)C(O)C(O)C=C5Cl)noc4C4CC4)cc3Cl)C2)c(F)c1. The first-order chi connectivity index (χ1) is 20.0. The van der Waals surface area contributed by atoms with Crippen LogP contribution in [0.3, 0.4) is 0 Å². The van der Waals surface area contributed by atoms with Crippen LogP contribution in [0.4, 0.5) is 10.2 Å². The smallest absolute Gasteiger partial charge is 0.337 e. The Morgan fingerprint density at radius 3 is 2.57 bits per heavy atom. The average molecular weight is 639 g/mol. The molecule has 3 heterocycles. The fourth-order valence-corrected chi connectivity index (χ4v) is 6.13. The van der Waals surface area contributed by atoms with Crippen molar-refractivity contribution in [2.45, 2.75) is 43.2 Å². The molecule has 1 saturated heterocycles. The lowest BCUT2D eigenvalue weighted by molar-refractivity contribution is 0.00670. The van der Waals surface area contributed by atoms with Gasteiger partial charge < -0.3 is 34.6 Å². The van der Waals surface area contributed by atoms with Gasteiger partial charge in [-0.3, -0.25) is 0 Å². The van der Waals surface area contributed by atoms with Crippen molar-refractivity contribution in [3.63, 3.8) is 0 Å². The third-order valence-corrected chi connectivity index (χ3v) is 8.52. The Morgan fingerprint density at radius 1 is 1.19 bits per heavy atom. The van der Waals surface area contributed by atoms with E-state index in [2.05, 4.69) is 10.1 Å². The summed E-state index contributed by atoms with van der Waals surface area (Å²) in [5, 5.41) is 44.9. The lowest BCUT2D eigenvalue weighted by atomic mass is 9.86. The molecule has 2 fully saturated rings. The predicted octanol–water partition coefficient (Wildman–Crippen LogP) is 4.53. The second-order valence-corrected chi connectivity index (χ2v) is 11.7. The van der Waals surface area contributed by atoms with Crippen molar-refractivity contribution in [2.24, 2.45) is 0 Å². The summed E-state index contributed by atoms with van der Waals surface area (Å²) < 4.78 is 26.1. The molecule has 3 aromatic rings. The van der Waals surface area contributed by atoms with Gasteiger partial charge in [-0.2, -0.15) is 0 Å². The molecule has 1 saturated carbocycles. The molecule has 1 aliphatic heterocycles. The third kappa shape index (κ3) is 5.14. The zero-order chi connectivity index (χ0) is 29.9. The van der Waals surface area contributed by atoms with Gasteiger partial charge in [0.25, 0.3) is 0 Å². The highest BCUT2D eigenvalue weighted by Gasteiger charge is 2.45. The van der Waals surface area contributed by atoms with Crippen LogP contribution in [0.2, 0.25) is 5.02 Å². The summed E-state index contributed by atoms with van der Waals surface area (Å²) in [5.74, 6) is -1.00. The molecule has 0 spiro atoms. The highest BCUT2D eigenvalue weighted by atomic mass is 35.5. The van der Waals surface area contributed by atoms with Crippen LogP contribution in [0.1, 0.15) is 51.7 Å². The van der Waals surface area contributed by atoms with Gasteiger partial charge in [-0.05, 0) is 37.1 Å². The van der Waals surface area contributed by atoms with Gasteiger partial charge in [-0.25, -0.2) is 14.2 Å². The fourth-order valence-electron chi connectivity index (χ4n) is 5.09. The molecular weight excluding hydrogens is 616 g/mol. The summed E-state index contributed by atoms with van der Waals surface area (Å²) in [6.45, 7) is -0.0162. The molecule has 0 radical (unpaired) electrons. The van der Waals surface area contributed by atoms with Gasteiger partial charge in [0.1, 0.15) is 41.6 Å². The summed E-state index contributed by atoms with van der Waals surface area (Å²) in [7, 11) is 0. The van der Waals surface area contributed by atoms with Crippen molar-refractivity contribution in [2.75, 3.05) is 18.0 Å². The number of aliphatic hydroxyl groups is 3. The van der Waals surface area contributed by atoms with Crippen molar-refractivity contribution in [3.8, 4) is 5.75 Å². The molecule has 2 aliphatic carbocycles. The number of carbonyl (C=O) groups is 1. The normalized spacial score (nSPS) is 21.7. The van der Waals surface area contributed by atoms with Crippen LogP contribution >= 0.6 is 34.8 Å². The van der Waals surface area contributed by atoms with E-state index >= 15 is 0 Å². The molecule has 10 nitrogen and oxygen atoms in total. The lowest BCUT2D eigenvalue weighted by Gasteiger charge is -2.47. The second kappa shape index (κ2) is 10.8. The van der Waals surface area contributed by atoms with E-state index in [1.807, 2.05) is 0 Å². The molecule has 42 heavy (non-hydrogen) atoms. The Balaban J connectivity index is 1.19. The number of hydrogen-bond acceptors (Lipinski definition) is 9. The number of aliphatic hydroxyl groups excluding tert-OH is 2. The number of aromatic nitrogens is 2. The number of β-amino-alcohol motifs (C(OH)–C–C–N with tert-alkyl or cyclic N) is 1. The molecule has 220 valence electrons. The molecule has 0 amide bonds. The third-order valence-electron chi connectivity index (χ3n) is 7.48. The standard InChI is InChI=1S/C28H23Cl3FN3O7/c29-17-6-14(3-4-16(17)28(40)10-35(11-28)26-19(32)5-13(8-33-26)27(38)39)41-9-15-23(34-42-25(15)12-1-2-12)21-18(30)7-20(36)24(37)22(21)31/h3-8,12,20,24,36-37,40H,1-2,9-11H2,(H,38,39). The number of allylic oxidation sites excluding steroid dienone is 2. The maximum absolute atomic E-state index is 14.4. The van der Waals surface area contributed by atoms with E-state index in [9.17, 15) is 24.5 Å². The van der Waals surface area contributed by atoms with Crippen molar-refractivity contribution >= 4 is 52.2 Å². The minimum atomic E-state index is -1.39. The number of rotatable bonds is 8. The molecule has 2 unspecified atom stereocenters. The number of benzene rings is 1. The number of carboxylic acids is 1. The minimum absolute atomic E-state index is 0.00611. The monoisotopic (exact) mass is 637 g/mol. The zero-order valence-corrected chi connectivity index (χ0v) is 23.9. The summed E-state index contributed by atoms with van der Waals surface area (Å²) in [4.78, 5) is 16.4. The van der Waals surface area contributed by atoms with Crippen LogP contribution in [-0.2, 0) is 12.2 Å². The molecule has 1 aromatic carbocycles. The van der Waals surface area contributed by atoms with Gasteiger partial charge in [0.2, 0.25) is 0 Å². The summed E-state index contributed by atoms with van der Waals surface area (Å²) in [6.07, 6.45) is 1.55. The molecular formula is C28H23Cl3FN3O7. The number of ether oxygens (including phenoxy) is 1. The van der Waals surface area contributed by atoms with E-state index in [0.29, 0.717) is 28.3 Å². The van der Waals surface area contributed by atoms with Crippen LogP contribution < -0.4 is 9.64 Å². The Bertz CT molecular complexity index is 1650. The van der Waals surface area contributed by atoms with Gasteiger partial charge in [-0.1, -0.05) is 46.0 Å². The topological polar surface area (TPSA) is 149 Å². The Hall–Kier alpha value is -3.19. The Kier molecular flexibility index (Phi) is 7.45. The Labute approximate surface area is 253 Å². The first-order valence-corrected chi connectivity index (χ1v) is 14.0. The molecule has 2 atom stereocenters. The van der Waals surface area contributed by atoms with Crippen LogP contribution in [0, 0.1) is 5.82 Å². The summed E-state index contributed by atoms with van der Waals surface area (Å²) in [6, 6.07) is 5.67. The van der Waals surface area contributed by atoms with Gasteiger partial charge in [0, 0.05) is 23.3 Å². The molecule has 3 aliphatic rings. The number of halogens is 4. The number of hydrogen-bond donors (Lipinski definition) is 4. The van der Waals surface area contributed by atoms with Gasteiger partial charge in [0.05, 0.1) is 39.3 Å². The van der Waals surface area contributed by atoms with E-state index in [1.54, 1.807) is 18.2 Å². The lowest BCUT2D eigenvalue weighted by Crippen LogP contribution is -2.60. The first-order valence-electron chi connectivity index (χ1n) is 12.9. The first kappa shape index (κ1) is 28.9. The van der Waals surface area contributed by atoms with Crippen molar-refractivity contribution in [3.05, 3.63) is 85.6 Å². The van der Waals surface area contributed by atoms with Crippen LogP contribution in [-0.4, -0.2) is 61.8 Å². The molecule has 4 N–H and O–H groups in total. The van der Waals surface area contributed by atoms with E-state index in [0.717, 1.165) is 25.1 Å². The van der Waals surface area contributed by atoms with Crippen LogP contribution in [0.25, 0.3) is 5.57 Å². The van der Waals surface area contributed by atoms with E-state index in [4.69, 9.17) is 49.2 Å². The predicted molar refractivity (Wildman–Crippen MR) is 150 cm³/mol. The minimum Gasteiger partial charge on any atom is -0.489 e. The van der Waals surface area contributed by atoms with Crippen molar-refractivity contribution in [1.29, 1.82) is 0 Å². The maximum Gasteiger partial charge on any atom is 0.337 e. The highest BCUT2D eigenvalue weighted by molar-refractivity contribution is 6.42. The quantitative estimate of drug-likeness (QED) is 0.277. The zero-order valence-electron chi connectivity index (χ0n) is 21.6. The van der Waals surface area contributed by atoms with E-state index < -0.39 is 29.6 Å². The number of carboxylic acid groups (broad SMARTS) is 1. The summed E-state index contributed by atoms with van der Waals surface area (Å²) in [5.41, 5.74) is -0.116. The number of anilines is 1. The molecule has 2 aromatic heterocycles. The van der Waals surface area contributed by atoms with Gasteiger partial charge in [-0.15, -0.1) is 0 Å². The van der Waals surface area contributed by atoms with Crippen molar-refractivity contribution < 1.29 is 38.9 Å². The molecule has 0 bridgehead atoms. The van der Waals surface area contributed by atoms with E-state index in [-0.39, 0.29) is 57.7 Å². The second-order valence-electron chi connectivity index (χ2n) is 10.5. The van der Waals surface area contributed by atoms with E-state index in [1.165, 1.54) is 11.0 Å².